The molecule has 0 bridgehead atoms. The van der Waals surface area contributed by atoms with E-state index in [-0.39, 0.29) is 12.1 Å². The van der Waals surface area contributed by atoms with Gasteiger partial charge in [-0.15, -0.1) is 11.3 Å². The lowest BCUT2D eigenvalue weighted by atomic mass is 10.1. The van der Waals surface area contributed by atoms with E-state index in [4.69, 9.17) is 5.11 Å². The summed E-state index contributed by atoms with van der Waals surface area (Å²) in [6.45, 7) is 1.40. The van der Waals surface area contributed by atoms with Crippen molar-refractivity contribution in [3.8, 4) is 0 Å². The third kappa shape index (κ3) is 2.04. The molecule has 0 amide bonds. The standard InChI is InChI=1S/C12H13N3O3S/c1-14-3-2-7-8(4-14)19-11-10(7)12(18)15(6-13-11)5-9(16)17/h6H,2-5H2,1H3,(H,16,17). The van der Waals surface area contributed by atoms with Gasteiger partial charge in [-0.25, -0.2) is 4.98 Å². The molecule has 0 spiro atoms. The van der Waals surface area contributed by atoms with Crippen LogP contribution < -0.4 is 5.56 Å². The van der Waals surface area contributed by atoms with Crippen LogP contribution in [0.25, 0.3) is 10.2 Å². The summed E-state index contributed by atoms with van der Waals surface area (Å²) < 4.78 is 1.16. The number of hydrogen-bond acceptors (Lipinski definition) is 5. The Balaban J connectivity index is 2.20. The summed E-state index contributed by atoms with van der Waals surface area (Å²) in [5.41, 5.74) is 0.810. The predicted octanol–water partition coefficient (Wildman–Crippen LogP) is 0.530. The molecule has 3 rings (SSSR count). The van der Waals surface area contributed by atoms with Crippen LogP contribution in [0.1, 0.15) is 10.4 Å². The molecule has 0 saturated carbocycles. The molecule has 1 aliphatic rings. The highest BCUT2D eigenvalue weighted by atomic mass is 32.1. The second-order valence-electron chi connectivity index (χ2n) is 4.74. The zero-order valence-corrected chi connectivity index (χ0v) is 11.2. The van der Waals surface area contributed by atoms with Gasteiger partial charge in [0.2, 0.25) is 0 Å². The summed E-state index contributed by atoms with van der Waals surface area (Å²) in [6.07, 6.45) is 2.14. The summed E-state index contributed by atoms with van der Waals surface area (Å²) in [6, 6.07) is 0. The van der Waals surface area contributed by atoms with Crippen molar-refractivity contribution in [2.75, 3.05) is 13.6 Å². The van der Waals surface area contributed by atoms with Crippen LogP contribution in [0.2, 0.25) is 0 Å². The van der Waals surface area contributed by atoms with Crippen LogP contribution in [0.4, 0.5) is 0 Å². The number of likely N-dealkylation sites (N-methyl/N-ethyl adjacent to an activating group) is 1. The topological polar surface area (TPSA) is 75.4 Å². The highest BCUT2D eigenvalue weighted by Crippen LogP contribution is 2.31. The Morgan fingerprint density at radius 3 is 3.11 bits per heavy atom. The van der Waals surface area contributed by atoms with Gasteiger partial charge in [-0.05, 0) is 19.0 Å². The van der Waals surface area contributed by atoms with Crippen LogP contribution in [0, 0.1) is 0 Å². The van der Waals surface area contributed by atoms with Crippen molar-refractivity contribution < 1.29 is 9.90 Å². The van der Waals surface area contributed by atoms with E-state index in [0.717, 1.165) is 29.6 Å². The Morgan fingerprint density at radius 2 is 2.37 bits per heavy atom. The lowest BCUT2D eigenvalue weighted by molar-refractivity contribution is -0.137. The molecule has 0 fully saturated rings. The molecule has 2 aromatic rings. The number of carboxylic acid groups (broad SMARTS) is 1. The molecule has 0 unspecified atom stereocenters. The second kappa shape index (κ2) is 4.43. The van der Waals surface area contributed by atoms with Crippen molar-refractivity contribution in [1.29, 1.82) is 0 Å². The molecular weight excluding hydrogens is 266 g/mol. The second-order valence-corrected chi connectivity index (χ2v) is 5.83. The lowest BCUT2D eigenvalue weighted by Gasteiger charge is -2.21. The normalized spacial score (nSPS) is 15.6. The van der Waals surface area contributed by atoms with Gasteiger partial charge in [0.25, 0.3) is 5.56 Å². The van der Waals surface area contributed by atoms with E-state index in [0.29, 0.717) is 10.2 Å². The van der Waals surface area contributed by atoms with E-state index in [1.165, 1.54) is 22.5 Å². The van der Waals surface area contributed by atoms with Gasteiger partial charge >= 0.3 is 5.97 Å². The zero-order valence-electron chi connectivity index (χ0n) is 10.4. The molecule has 1 N–H and O–H groups in total. The first-order chi connectivity index (χ1) is 9.06. The molecule has 2 aromatic heterocycles. The number of nitrogens with zero attached hydrogens (tertiary/aromatic N) is 3. The van der Waals surface area contributed by atoms with E-state index in [2.05, 4.69) is 9.88 Å². The minimum absolute atomic E-state index is 0.241. The number of carbonyl (C=O) groups is 1. The van der Waals surface area contributed by atoms with Gasteiger partial charge < -0.3 is 10.0 Å². The van der Waals surface area contributed by atoms with Crippen LogP contribution in [0.3, 0.4) is 0 Å². The third-order valence-electron chi connectivity index (χ3n) is 3.32. The smallest absolute Gasteiger partial charge is 0.323 e. The monoisotopic (exact) mass is 279 g/mol. The summed E-state index contributed by atoms with van der Waals surface area (Å²) in [4.78, 5) is 31.4. The van der Waals surface area contributed by atoms with E-state index in [1.807, 2.05) is 7.05 Å². The summed E-state index contributed by atoms with van der Waals surface area (Å²) in [7, 11) is 2.05. The third-order valence-corrected chi connectivity index (χ3v) is 4.45. The van der Waals surface area contributed by atoms with Crippen molar-refractivity contribution in [1.82, 2.24) is 14.5 Å². The maximum absolute atomic E-state index is 12.3. The average molecular weight is 279 g/mol. The Hall–Kier alpha value is -1.73. The van der Waals surface area contributed by atoms with Gasteiger partial charge in [-0.3, -0.25) is 14.2 Å². The molecule has 0 aliphatic carbocycles. The van der Waals surface area contributed by atoms with Crippen molar-refractivity contribution in [2.45, 2.75) is 19.5 Å². The van der Waals surface area contributed by atoms with Crippen molar-refractivity contribution in [2.24, 2.45) is 0 Å². The fraction of sp³-hybridized carbons (Fsp3) is 0.417. The van der Waals surface area contributed by atoms with Gasteiger partial charge in [0, 0.05) is 18.0 Å². The van der Waals surface area contributed by atoms with Gasteiger partial charge in [0.1, 0.15) is 11.4 Å². The maximum Gasteiger partial charge on any atom is 0.323 e. The molecule has 6 nitrogen and oxygen atoms in total. The molecule has 100 valence electrons. The zero-order chi connectivity index (χ0) is 13.6. The van der Waals surface area contributed by atoms with Crippen LogP contribution >= 0.6 is 11.3 Å². The largest absolute Gasteiger partial charge is 0.480 e. The fourth-order valence-electron chi connectivity index (χ4n) is 2.40. The lowest BCUT2D eigenvalue weighted by Crippen LogP contribution is -2.27. The summed E-state index contributed by atoms with van der Waals surface area (Å²) in [5, 5.41) is 9.40. The van der Waals surface area contributed by atoms with E-state index in [9.17, 15) is 9.59 Å². The molecule has 3 heterocycles. The van der Waals surface area contributed by atoms with E-state index < -0.39 is 5.97 Å². The number of aliphatic carboxylic acids is 1. The molecule has 0 aromatic carbocycles. The molecule has 19 heavy (non-hydrogen) atoms. The minimum Gasteiger partial charge on any atom is -0.480 e. The molecule has 0 atom stereocenters. The maximum atomic E-state index is 12.3. The molecule has 0 radical (unpaired) electrons. The number of rotatable bonds is 2. The number of fused-ring (bicyclic) bond motifs is 3. The average Bonchev–Trinajstić information content (AvgIpc) is 2.70. The van der Waals surface area contributed by atoms with E-state index >= 15 is 0 Å². The first kappa shape index (κ1) is 12.3. The highest BCUT2D eigenvalue weighted by molar-refractivity contribution is 7.18. The van der Waals surface area contributed by atoms with Gasteiger partial charge in [-0.2, -0.15) is 0 Å². The summed E-state index contributed by atoms with van der Waals surface area (Å²) in [5.74, 6) is -1.04. The van der Waals surface area contributed by atoms with Crippen molar-refractivity contribution >= 4 is 27.5 Å². The number of aromatic nitrogens is 2. The highest BCUT2D eigenvalue weighted by Gasteiger charge is 2.22. The minimum atomic E-state index is -1.04. The number of thiophene rings is 1. The molecule has 1 aliphatic heterocycles. The van der Waals surface area contributed by atoms with Gasteiger partial charge in [-0.1, -0.05) is 0 Å². The van der Waals surface area contributed by atoms with Crippen LogP contribution in [-0.2, 0) is 24.3 Å². The molecular formula is C12H13N3O3S. The summed E-state index contributed by atoms with van der Waals surface area (Å²) >= 11 is 1.53. The molecule has 0 saturated heterocycles. The van der Waals surface area contributed by atoms with Crippen molar-refractivity contribution in [3.63, 3.8) is 0 Å². The fourth-order valence-corrected chi connectivity index (χ4v) is 3.66. The SMILES string of the molecule is CN1CCc2c(sc3ncn(CC(=O)O)c(=O)c23)C1. The van der Waals surface area contributed by atoms with Gasteiger partial charge in [0.05, 0.1) is 11.7 Å². The predicted molar refractivity (Wildman–Crippen MR) is 71.6 cm³/mol. The number of hydrogen-bond donors (Lipinski definition) is 1. The van der Waals surface area contributed by atoms with Crippen LogP contribution in [-0.4, -0.2) is 39.1 Å². The first-order valence-electron chi connectivity index (χ1n) is 5.96. The quantitative estimate of drug-likeness (QED) is 0.868. The van der Waals surface area contributed by atoms with E-state index in [1.54, 1.807) is 0 Å². The van der Waals surface area contributed by atoms with Crippen molar-refractivity contribution in [3.05, 3.63) is 27.1 Å². The number of carboxylic acids is 1. The van der Waals surface area contributed by atoms with Gasteiger partial charge in [0.15, 0.2) is 0 Å². The van der Waals surface area contributed by atoms with Crippen LogP contribution in [0.5, 0.6) is 0 Å². The Kier molecular flexibility index (Phi) is 2.87. The Bertz CT molecular complexity index is 719. The Labute approximate surface area is 112 Å². The van der Waals surface area contributed by atoms with Crippen LogP contribution in [0.15, 0.2) is 11.1 Å². The first-order valence-corrected chi connectivity index (χ1v) is 6.78. The Morgan fingerprint density at radius 1 is 1.58 bits per heavy atom. The molecule has 7 heteroatoms.